The number of hydrogen-bond donors (Lipinski definition) is 2. The maximum atomic E-state index is 11.8. The van der Waals surface area contributed by atoms with Crippen LogP contribution in [-0.2, 0) is 0 Å². The normalized spacial score (nSPS) is 25.4. The molecule has 16 heavy (non-hydrogen) atoms. The van der Waals surface area contributed by atoms with E-state index in [1.54, 1.807) is 6.92 Å². The number of carbonyl (C=O) groups is 1. The quantitative estimate of drug-likeness (QED) is 0.786. The van der Waals surface area contributed by atoms with Crippen molar-refractivity contribution in [2.45, 2.75) is 44.8 Å². The number of nitrogens with one attached hydrogen (secondary N) is 1. The number of nitrogens with zero attached hydrogens (tertiary/aromatic N) is 1. The number of aromatic nitrogens is 1. The molecule has 2 N–H and O–H groups in total. The molecule has 0 bridgehead atoms. The van der Waals surface area contributed by atoms with Gasteiger partial charge in [-0.05, 0) is 19.8 Å². The van der Waals surface area contributed by atoms with E-state index < -0.39 is 6.10 Å². The summed E-state index contributed by atoms with van der Waals surface area (Å²) >= 11 is 0. The number of amides is 1. The molecular weight excluding hydrogens is 208 g/mol. The summed E-state index contributed by atoms with van der Waals surface area (Å²) in [6.45, 7) is 1.69. The van der Waals surface area contributed by atoms with Gasteiger partial charge >= 0.3 is 0 Å². The van der Waals surface area contributed by atoms with Gasteiger partial charge < -0.3 is 14.9 Å². The molecule has 0 saturated heterocycles. The monoisotopic (exact) mass is 224 g/mol. The first-order valence-electron chi connectivity index (χ1n) is 5.58. The van der Waals surface area contributed by atoms with Crippen molar-refractivity contribution >= 4 is 5.91 Å². The maximum Gasteiger partial charge on any atom is 0.256 e. The van der Waals surface area contributed by atoms with Crippen LogP contribution in [0.3, 0.4) is 0 Å². The number of hydrogen-bond acceptors (Lipinski definition) is 4. The molecule has 0 aromatic carbocycles. The van der Waals surface area contributed by atoms with Crippen LogP contribution in [0, 0.1) is 6.92 Å². The predicted octanol–water partition coefficient (Wildman–Crippen LogP) is 1.02. The molecule has 88 valence electrons. The van der Waals surface area contributed by atoms with E-state index in [4.69, 9.17) is 4.52 Å². The van der Waals surface area contributed by atoms with Gasteiger partial charge in [0.15, 0.2) is 0 Å². The molecule has 0 aliphatic heterocycles. The second-order valence-electron chi connectivity index (χ2n) is 4.23. The molecule has 1 amide bonds. The molecule has 2 atom stereocenters. The minimum atomic E-state index is -0.433. The summed E-state index contributed by atoms with van der Waals surface area (Å²) in [4.78, 5) is 11.8. The molecule has 1 aliphatic rings. The van der Waals surface area contributed by atoms with Crippen LogP contribution in [-0.4, -0.2) is 28.3 Å². The Balaban J connectivity index is 1.99. The Morgan fingerprint density at radius 1 is 1.56 bits per heavy atom. The predicted molar refractivity (Wildman–Crippen MR) is 57.0 cm³/mol. The molecule has 1 saturated carbocycles. The number of aryl methyl sites for hydroxylation is 1. The molecule has 1 aromatic rings. The third-order valence-electron chi connectivity index (χ3n) is 3.04. The highest BCUT2D eigenvalue weighted by Gasteiger charge is 2.25. The highest BCUT2D eigenvalue weighted by molar-refractivity contribution is 5.94. The topological polar surface area (TPSA) is 75.4 Å². The summed E-state index contributed by atoms with van der Waals surface area (Å²) in [6.07, 6.45) is 4.63. The highest BCUT2D eigenvalue weighted by atomic mass is 16.5. The summed E-state index contributed by atoms with van der Waals surface area (Å²) in [7, 11) is 0. The largest absolute Gasteiger partial charge is 0.391 e. The standard InChI is InChI=1S/C11H16N2O3/c1-7-8(6-12-16-7)11(15)13-9-4-2-3-5-10(9)14/h6,9-10,14H,2-5H2,1H3,(H,13,15)/t9-,10-/m0/s1. The lowest BCUT2D eigenvalue weighted by atomic mass is 9.92. The molecule has 1 aliphatic carbocycles. The van der Waals surface area contributed by atoms with Crippen molar-refractivity contribution in [3.63, 3.8) is 0 Å². The summed E-state index contributed by atoms with van der Waals surface area (Å²) in [6, 6.07) is -0.143. The number of rotatable bonds is 2. The third-order valence-corrected chi connectivity index (χ3v) is 3.04. The smallest absolute Gasteiger partial charge is 0.256 e. The first-order chi connectivity index (χ1) is 7.68. The minimum absolute atomic E-state index is 0.143. The van der Waals surface area contributed by atoms with Crippen LogP contribution >= 0.6 is 0 Å². The van der Waals surface area contributed by atoms with Gasteiger partial charge in [0.1, 0.15) is 11.3 Å². The zero-order valence-electron chi connectivity index (χ0n) is 9.27. The maximum absolute atomic E-state index is 11.8. The lowest BCUT2D eigenvalue weighted by molar-refractivity contribution is 0.0716. The Bertz CT molecular complexity index is 375. The first-order valence-corrected chi connectivity index (χ1v) is 5.58. The fourth-order valence-electron chi connectivity index (χ4n) is 2.04. The highest BCUT2D eigenvalue weighted by Crippen LogP contribution is 2.19. The van der Waals surface area contributed by atoms with Crippen LogP contribution in [0.4, 0.5) is 0 Å². The fraction of sp³-hybridized carbons (Fsp3) is 0.636. The lowest BCUT2D eigenvalue weighted by Gasteiger charge is -2.28. The molecule has 5 nitrogen and oxygen atoms in total. The van der Waals surface area contributed by atoms with Crippen LogP contribution in [0.15, 0.2) is 10.7 Å². The molecule has 1 aromatic heterocycles. The zero-order valence-corrected chi connectivity index (χ0v) is 9.27. The summed E-state index contributed by atoms with van der Waals surface area (Å²) in [5.74, 6) is 0.285. The fourth-order valence-corrected chi connectivity index (χ4v) is 2.04. The minimum Gasteiger partial charge on any atom is -0.391 e. The molecule has 1 heterocycles. The van der Waals surface area contributed by atoms with Gasteiger partial charge in [-0.15, -0.1) is 0 Å². The number of carbonyl (C=O) groups excluding carboxylic acids is 1. The Morgan fingerprint density at radius 2 is 2.31 bits per heavy atom. The van der Waals surface area contributed by atoms with Crippen LogP contribution in [0.5, 0.6) is 0 Å². The van der Waals surface area contributed by atoms with Crippen LogP contribution < -0.4 is 5.32 Å². The van der Waals surface area contributed by atoms with E-state index in [1.807, 2.05) is 0 Å². The average Bonchev–Trinajstić information content (AvgIpc) is 2.68. The van der Waals surface area contributed by atoms with E-state index in [1.165, 1.54) is 6.20 Å². The van der Waals surface area contributed by atoms with Crippen molar-refractivity contribution in [1.29, 1.82) is 0 Å². The van der Waals surface area contributed by atoms with E-state index in [9.17, 15) is 9.90 Å². The molecule has 5 heteroatoms. The van der Waals surface area contributed by atoms with E-state index in [0.29, 0.717) is 11.3 Å². The van der Waals surface area contributed by atoms with Crippen LogP contribution in [0.2, 0.25) is 0 Å². The Kier molecular flexibility index (Phi) is 3.24. The molecule has 1 fully saturated rings. The summed E-state index contributed by atoms with van der Waals surface area (Å²) in [5, 5.41) is 16.1. The zero-order chi connectivity index (χ0) is 11.5. The second-order valence-corrected chi connectivity index (χ2v) is 4.23. The SMILES string of the molecule is Cc1oncc1C(=O)N[C@H]1CCCC[C@@H]1O. The average molecular weight is 224 g/mol. The first kappa shape index (κ1) is 11.1. The van der Waals surface area contributed by atoms with Crippen molar-refractivity contribution in [3.05, 3.63) is 17.5 Å². The van der Waals surface area contributed by atoms with Crippen molar-refractivity contribution in [1.82, 2.24) is 10.5 Å². The number of aliphatic hydroxyl groups is 1. The molecule has 0 spiro atoms. The van der Waals surface area contributed by atoms with E-state index in [-0.39, 0.29) is 11.9 Å². The third kappa shape index (κ3) is 2.24. The van der Waals surface area contributed by atoms with Gasteiger partial charge in [0.05, 0.1) is 18.3 Å². The summed E-state index contributed by atoms with van der Waals surface area (Å²) < 4.78 is 4.83. The van der Waals surface area contributed by atoms with E-state index in [0.717, 1.165) is 25.7 Å². The van der Waals surface area contributed by atoms with Crippen molar-refractivity contribution in [2.75, 3.05) is 0 Å². The van der Waals surface area contributed by atoms with Gasteiger partial charge in [-0.2, -0.15) is 0 Å². The Labute approximate surface area is 93.8 Å². The van der Waals surface area contributed by atoms with Gasteiger partial charge in [-0.25, -0.2) is 0 Å². The Hall–Kier alpha value is -1.36. The molecule has 2 rings (SSSR count). The van der Waals surface area contributed by atoms with E-state index in [2.05, 4.69) is 10.5 Å². The van der Waals surface area contributed by atoms with Crippen molar-refractivity contribution < 1.29 is 14.4 Å². The van der Waals surface area contributed by atoms with Crippen LogP contribution in [0.25, 0.3) is 0 Å². The van der Waals surface area contributed by atoms with Crippen molar-refractivity contribution in [3.8, 4) is 0 Å². The van der Waals surface area contributed by atoms with Crippen molar-refractivity contribution in [2.24, 2.45) is 0 Å². The van der Waals surface area contributed by atoms with Crippen LogP contribution in [0.1, 0.15) is 41.8 Å². The second kappa shape index (κ2) is 4.65. The molecular formula is C11H16N2O3. The van der Waals surface area contributed by atoms with Gasteiger partial charge in [0.2, 0.25) is 0 Å². The van der Waals surface area contributed by atoms with Gasteiger partial charge in [0, 0.05) is 0 Å². The summed E-state index contributed by atoms with van der Waals surface area (Å²) in [5.41, 5.74) is 0.442. The Morgan fingerprint density at radius 3 is 2.94 bits per heavy atom. The lowest BCUT2D eigenvalue weighted by Crippen LogP contribution is -2.45. The molecule has 0 unspecified atom stereocenters. The van der Waals surface area contributed by atoms with Gasteiger partial charge in [-0.3, -0.25) is 4.79 Å². The molecule has 0 radical (unpaired) electrons. The van der Waals surface area contributed by atoms with Gasteiger partial charge in [-0.1, -0.05) is 18.0 Å². The van der Waals surface area contributed by atoms with Gasteiger partial charge in [0.25, 0.3) is 5.91 Å². The van der Waals surface area contributed by atoms with E-state index >= 15 is 0 Å². The number of aliphatic hydroxyl groups excluding tert-OH is 1.